The Morgan fingerprint density at radius 3 is 2.48 bits per heavy atom. The molecule has 0 saturated heterocycles. The molecule has 0 radical (unpaired) electrons. The smallest absolute Gasteiger partial charge is 0.317 e. The summed E-state index contributed by atoms with van der Waals surface area (Å²) in [5.74, 6) is -2.98. The summed E-state index contributed by atoms with van der Waals surface area (Å²) in [5, 5.41) is 27.4. The molecule has 0 aliphatic rings. The molecule has 0 aliphatic carbocycles. The van der Waals surface area contributed by atoms with Crippen molar-refractivity contribution in [1.82, 2.24) is 4.98 Å². The van der Waals surface area contributed by atoms with Crippen molar-refractivity contribution in [3.8, 4) is 12.1 Å². The third-order valence-corrected chi connectivity index (χ3v) is 3.56. The standard InChI is InChI=1S/C16H17N3O4/c1-3-23-14(20)7-5-11-4-6-13(19-10-11)16(2,15(21)22)12(8-17)9-18/h4,6,10,12H,3,5,7H2,1-2H3,(H,21,22). The van der Waals surface area contributed by atoms with Crippen molar-refractivity contribution < 1.29 is 19.4 Å². The monoisotopic (exact) mass is 315 g/mol. The molecule has 7 nitrogen and oxygen atoms in total. The number of aromatic nitrogens is 1. The fraction of sp³-hybridized carbons (Fsp3) is 0.438. The van der Waals surface area contributed by atoms with E-state index in [1.54, 1.807) is 25.1 Å². The van der Waals surface area contributed by atoms with Crippen LogP contribution in [0.3, 0.4) is 0 Å². The van der Waals surface area contributed by atoms with Gasteiger partial charge in [-0.1, -0.05) is 6.07 Å². The third kappa shape index (κ3) is 4.04. The van der Waals surface area contributed by atoms with Crippen LogP contribution in [0.4, 0.5) is 0 Å². The van der Waals surface area contributed by atoms with Crippen molar-refractivity contribution >= 4 is 11.9 Å². The van der Waals surface area contributed by atoms with Gasteiger partial charge in [0, 0.05) is 12.6 Å². The molecule has 0 aliphatic heterocycles. The number of pyridine rings is 1. The zero-order chi connectivity index (χ0) is 17.5. The molecule has 120 valence electrons. The molecule has 23 heavy (non-hydrogen) atoms. The average Bonchev–Trinajstić information content (AvgIpc) is 2.54. The number of ether oxygens (including phenoxy) is 1. The highest BCUT2D eigenvalue weighted by Crippen LogP contribution is 2.31. The highest BCUT2D eigenvalue weighted by atomic mass is 16.5. The van der Waals surface area contributed by atoms with Crippen molar-refractivity contribution in [2.45, 2.75) is 32.1 Å². The van der Waals surface area contributed by atoms with Crippen molar-refractivity contribution in [2.24, 2.45) is 5.92 Å². The molecule has 0 spiro atoms. The van der Waals surface area contributed by atoms with Gasteiger partial charge in [0.15, 0.2) is 5.92 Å². The maximum Gasteiger partial charge on any atom is 0.317 e. The number of aryl methyl sites for hydroxylation is 1. The van der Waals surface area contributed by atoms with Gasteiger partial charge in [-0.25, -0.2) is 0 Å². The van der Waals surface area contributed by atoms with E-state index in [0.717, 1.165) is 5.56 Å². The number of esters is 1. The van der Waals surface area contributed by atoms with Crippen LogP contribution in [-0.4, -0.2) is 28.6 Å². The molecular formula is C16H17N3O4. The first-order valence-electron chi connectivity index (χ1n) is 7.03. The van der Waals surface area contributed by atoms with Gasteiger partial charge in [-0.2, -0.15) is 10.5 Å². The van der Waals surface area contributed by atoms with Gasteiger partial charge >= 0.3 is 11.9 Å². The van der Waals surface area contributed by atoms with Gasteiger partial charge in [0.25, 0.3) is 0 Å². The van der Waals surface area contributed by atoms with Crippen LogP contribution >= 0.6 is 0 Å². The normalized spacial score (nSPS) is 12.7. The molecule has 0 fully saturated rings. The molecule has 1 atom stereocenters. The third-order valence-electron chi connectivity index (χ3n) is 3.56. The van der Waals surface area contributed by atoms with Crippen molar-refractivity contribution in [2.75, 3.05) is 6.61 Å². The van der Waals surface area contributed by atoms with E-state index in [9.17, 15) is 14.7 Å². The molecule has 7 heteroatoms. The maximum atomic E-state index is 11.5. The van der Waals surface area contributed by atoms with E-state index in [-0.39, 0.29) is 18.1 Å². The minimum absolute atomic E-state index is 0.123. The molecule has 0 amide bonds. The lowest BCUT2D eigenvalue weighted by Gasteiger charge is -2.24. The average molecular weight is 315 g/mol. The fourth-order valence-corrected chi connectivity index (χ4v) is 2.03. The van der Waals surface area contributed by atoms with Crippen molar-refractivity contribution in [3.05, 3.63) is 29.6 Å². The van der Waals surface area contributed by atoms with Gasteiger partial charge < -0.3 is 9.84 Å². The summed E-state index contributed by atoms with van der Waals surface area (Å²) in [7, 11) is 0. The Hall–Kier alpha value is -2.93. The molecular weight excluding hydrogens is 298 g/mol. The first-order chi connectivity index (χ1) is 10.9. The van der Waals surface area contributed by atoms with Crippen LogP contribution in [-0.2, 0) is 26.2 Å². The number of nitriles is 2. The van der Waals surface area contributed by atoms with Gasteiger partial charge in [0.2, 0.25) is 0 Å². The molecule has 1 unspecified atom stereocenters. The van der Waals surface area contributed by atoms with E-state index in [1.807, 2.05) is 0 Å². The van der Waals surface area contributed by atoms with Crippen LogP contribution < -0.4 is 0 Å². The lowest BCUT2D eigenvalue weighted by atomic mass is 9.75. The molecule has 1 aromatic heterocycles. The van der Waals surface area contributed by atoms with Crippen LogP contribution in [0, 0.1) is 28.6 Å². The van der Waals surface area contributed by atoms with E-state index in [4.69, 9.17) is 15.3 Å². The Labute approximate surface area is 134 Å². The van der Waals surface area contributed by atoms with E-state index in [2.05, 4.69) is 4.98 Å². The molecule has 0 saturated carbocycles. The van der Waals surface area contributed by atoms with E-state index in [1.165, 1.54) is 19.2 Å². The van der Waals surface area contributed by atoms with Gasteiger partial charge in [0.05, 0.1) is 24.4 Å². The van der Waals surface area contributed by atoms with Crippen LogP contribution in [0.15, 0.2) is 18.3 Å². The van der Waals surface area contributed by atoms with Gasteiger partial charge in [-0.15, -0.1) is 0 Å². The number of hydrogen-bond acceptors (Lipinski definition) is 6. The predicted molar refractivity (Wildman–Crippen MR) is 78.9 cm³/mol. The zero-order valence-corrected chi connectivity index (χ0v) is 12.9. The number of carbonyl (C=O) groups is 2. The van der Waals surface area contributed by atoms with Crippen molar-refractivity contribution in [3.63, 3.8) is 0 Å². The summed E-state index contributed by atoms with van der Waals surface area (Å²) in [6.45, 7) is 3.34. The lowest BCUT2D eigenvalue weighted by molar-refractivity contribution is -0.144. The largest absolute Gasteiger partial charge is 0.480 e. The van der Waals surface area contributed by atoms with E-state index >= 15 is 0 Å². The number of nitrogens with zero attached hydrogens (tertiary/aromatic N) is 3. The van der Waals surface area contributed by atoms with Gasteiger partial charge in [-0.05, 0) is 31.9 Å². The first-order valence-corrected chi connectivity index (χ1v) is 7.03. The highest BCUT2D eigenvalue weighted by molar-refractivity contribution is 5.81. The quantitative estimate of drug-likeness (QED) is 0.757. The highest BCUT2D eigenvalue weighted by Gasteiger charge is 2.45. The number of aliphatic carboxylic acids is 1. The number of carbonyl (C=O) groups excluding carboxylic acids is 1. The molecule has 1 N–H and O–H groups in total. The fourth-order valence-electron chi connectivity index (χ4n) is 2.03. The molecule has 1 aromatic rings. The van der Waals surface area contributed by atoms with Gasteiger partial charge in [-0.3, -0.25) is 14.6 Å². The number of hydrogen-bond donors (Lipinski definition) is 1. The van der Waals surface area contributed by atoms with Crippen LogP contribution in [0.2, 0.25) is 0 Å². The number of rotatable bonds is 7. The van der Waals surface area contributed by atoms with Gasteiger partial charge in [0.1, 0.15) is 5.41 Å². The minimum Gasteiger partial charge on any atom is -0.480 e. The molecule has 0 aromatic carbocycles. The maximum absolute atomic E-state index is 11.5. The Balaban J connectivity index is 2.98. The Kier molecular flexibility index (Phi) is 6.23. The van der Waals surface area contributed by atoms with Crippen LogP contribution in [0.5, 0.6) is 0 Å². The Bertz CT molecular complexity index is 643. The molecule has 1 rings (SSSR count). The zero-order valence-electron chi connectivity index (χ0n) is 12.9. The second-order valence-electron chi connectivity index (χ2n) is 5.06. The molecule has 0 bridgehead atoms. The Morgan fingerprint density at radius 1 is 1.39 bits per heavy atom. The van der Waals surface area contributed by atoms with E-state index < -0.39 is 17.3 Å². The topological polar surface area (TPSA) is 124 Å². The SMILES string of the molecule is CCOC(=O)CCc1ccc(C(C)(C(=O)O)C(C#N)C#N)nc1. The summed E-state index contributed by atoms with van der Waals surface area (Å²) in [5.41, 5.74) is -0.860. The molecule has 1 heterocycles. The lowest BCUT2D eigenvalue weighted by Crippen LogP contribution is -2.40. The number of carboxylic acids is 1. The van der Waals surface area contributed by atoms with Crippen molar-refractivity contribution in [1.29, 1.82) is 10.5 Å². The van der Waals surface area contributed by atoms with Crippen LogP contribution in [0.1, 0.15) is 31.5 Å². The summed E-state index contributed by atoms with van der Waals surface area (Å²) in [4.78, 5) is 26.9. The van der Waals surface area contributed by atoms with Crippen LogP contribution in [0.25, 0.3) is 0 Å². The van der Waals surface area contributed by atoms with E-state index in [0.29, 0.717) is 13.0 Å². The minimum atomic E-state index is -1.72. The predicted octanol–water partition coefficient (Wildman–Crippen LogP) is 1.58. The summed E-state index contributed by atoms with van der Waals surface area (Å²) in [6, 6.07) is 6.50. The first kappa shape index (κ1) is 18.1. The summed E-state index contributed by atoms with van der Waals surface area (Å²) >= 11 is 0. The summed E-state index contributed by atoms with van der Waals surface area (Å²) < 4.78 is 4.82. The number of carboxylic acid groups (broad SMARTS) is 1. The second-order valence-corrected chi connectivity index (χ2v) is 5.06. The Morgan fingerprint density at radius 2 is 2.04 bits per heavy atom. The summed E-state index contributed by atoms with van der Waals surface area (Å²) in [6.07, 6.45) is 2.06. The second kappa shape index (κ2) is 7.90.